The van der Waals surface area contributed by atoms with Crippen molar-refractivity contribution in [2.75, 3.05) is 13.7 Å². The monoisotopic (exact) mass is 340 g/mol. The van der Waals surface area contributed by atoms with Crippen molar-refractivity contribution in [3.05, 3.63) is 47.5 Å². The highest BCUT2D eigenvalue weighted by atomic mass is 32.1. The lowest BCUT2D eigenvalue weighted by atomic mass is 10.00. The van der Waals surface area contributed by atoms with E-state index in [4.69, 9.17) is 17.0 Å². The number of rotatable bonds is 3. The zero-order chi connectivity index (χ0) is 17.3. The molecule has 1 saturated heterocycles. The SMILES string of the molecule is CCN1C(=O)C(=Cc2c(OC)ccc3ccccc23)C(=O)NC1=S. The van der Waals surface area contributed by atoms with E-state index in [1.165, 1.54) is 4.90 Å². The fourth-order valence-electron chi connectivity index (χ4n) is 2.73. The summed E-state index contributed by atoms with van der Waals surface area (Å²) < 4.78 is 5.41. The van der Waals surface area contributed by atoms with Crippen molar-refractivity contribution < 1.29 is 14.3 Å². The van der Waals surface area contributed by atoms with Gasteiger partial charge in [0.2, 0.25) is 0 Å². The van der Waals surface area contributed by atoms with Gasteiger partial charge in [-0.25, -0.2) is 0 Å². The maximum atomic E-state index is 12.6. The zero-order valence-corrected chi connectivity index (χ0v) is 14.1. The van der Waals surface area contributed by atoms with Crippen molar-refractivity contribution in [2.45, 2.75) is 6.92 Å². The molecule has 0 bridgehead atoms. The number of fused-ring (bicyclic) bond motifs is 1. The van der Waals surface area contributed by atoms with Crippen LogP contribution in [-0.2, 0) is 9.59 Å². The minimum Gasteiger partial charge on any atom is -0.496 e. The summed E-state index contributed by atoms with van der Waals surface area (Å²) in [5.41, 5.74) is 0.734. The molecule has 1 aliphatic heterocycles. The molecule has 0 radical (unpaired) electrons. The van der Waals surface area contributed by atoms with Crippen LogP contribution < -0.4 is 10.1 Å². The summed E-state index contributed by atoms with van der Waals surface area (Å²) in [5, 5.41) is 4.59. The molecule has 1 heterocycles. The van der Waals surface area contributed by atoms with E-state index in [0.717, 1.165) is 10.8 Å². The van der Waals surface area contributed by atoms with Crippen LogP contribution in [0.25, 0.3) is 16.8 Å². The van der Waals surface area contributed by atoms with Gasteiger partial charge in [-0.05, 0) is 42.1 Å². The molecule has 3 rings (SSSR count). The van der Waals surface area contributed by atoms with Crippen LogP contribution in [0.1, 0.15) is 12.5 Å². The molecule has 6 heteroatoms. The van der Waals surface area contributed by atoms with Crippen LogP contribution in [-0.4, -0.2) is 35.5 Å². The number of methoxy groups -OCH3 is 1. The second kappa shape index (κ2) is 6.41. The Morgan fingerprint density at radius 1 is 1.21 bits per heavy atom. The quantitative estimate of drug-likeness (QED) is 0.530. The molecule has 2 amide bonds. The van der Waals surface area contributed by atoms with Gasteiger partial charge in [0.15, 0.2) is 5.11 Å². The summed E-state index contributed by atoms with van der Waals surface area (Å²) in [5.74, 6) is -0.302. The van der Waals surface area contributed by atoms with Crippen molar-refractivity contribution in [3.8, 4) is 5.75 Å². The topological polar surface area (TPSA) is 58.6 Å². The van der Waals surface area contributed by atoms with Crippen molar-refractivity contribution >= 4 is 46.0 Å². The minimum atomic E-state index is -0.496. The molecule has 0 aromatic heterocycles. The van der Waals surface area contributed by atoms with E-state index < -0.39 is 11.8 Å². The van der Waals surface area contributed by atoms with E-state index in [0.29, 0.717) is 17.9 Å². The van der Waals surface area contributed by atoms with Crippen molar-refractivity contribution in [2.24, 2.45) is 0 Å². The Morgan fingerprint density at radius 2 is 1.96 bits per heavy atom. The summed E-state index contributed by atoms with van der Waals surface area (Å²) in [7, 11) is 1.56. The Hall–Kier alpha value is -2.73. The average Bonchev–Trinajstić information content (AvgIpc) is 2.58. The highest BCUT2D eigenvalue weighted by Crippen LogP contribution is 2.30. The molecular weight excluding hydrogens is 324 g/mol. The van der Waals surface area contributed by atoms with Crippen molar-refractivity contribution in [1.29, 1.82) is 0 Å². The standard InChI is InChI=1S/C18H16N2O3S/c1-3-20-17(22)14(16(21)19-18(20)24)10-13-12-7-5-4-6-11(12)8-9-15(13)23-2/h4-10H,3H2,1-2H3,(H,19,21,24). The van der Waals surface area contributed by atoms with E-state index in [9.17, 15) is 9.59 Å². The maximum Gasteiger partial charge on any atom is 0.265 e. The second-order valence-electron chi connectivity index (χ2n) is 5.27. The van der Waals surface area contributed by atoms with Gasteiger partial charge in [-0.2, -0.15) is 0 Å². The van der Waals surface area contributed by atoms with E-state index in [1.54, 1.807) is 20.1 Å². The molecule has 0 aliphatic carbocycles. The summed E-state index contributed by atoms with van der Waals surface area (Å²) >= 11 is 5.04. The fourth-order valence-corrected chi connectivity index (χ4v) is 3.03. The van der Waals surface area contributed by atoms with Gasteiger partial charge in [-0.3, -0.25) is 19.8 Å². The Balaban J connectivity index is 2.20. The predicted octanol–water partition coefficient (Wildman–Crippen LogP) is 2.50. The molecule has 0 atom stereocenters. The van der Waals surface area contributed by atoms with Gasteiger partial charge in [0.25, 0.3) is 11.8 Å². The maximum absolute atomic E-state index is 12.6. The average molecular weight is 340 g/mol. The number of hydrogen-bond donors (Lipinski definition) is 1. The molecule has 1 aliphatic rings. The second-order valence-corrected chi connectivity index (χ2v) is 5.66. The number of nitrogens with zero attached hydrogens (tertiary/aromatic N) is 1. The Kier molecular flexibility index (Phi) is 4.31. The number of carbonyl (C=O) groups excluding carboxylic acids is 2. The molecule has 0 saturated carbocycles. The summed E-state index contributed by atoms with van der Waals surface area (Å²) in [6.07, 6.45) is 1.57. The van der Waals surface area contributed by atoms with E-state index >= 15 is 0 Å². The molecular formula is C18H16N2O3S. The smallest absolute Gasteiger partial charge is 0.265 e. The van der Waals surface area contributed by atoms with Crippen LogP contribution in [0.3, 0.4) is 0 Å². The Morgan fingerprint density at radius 3 is 2.67 bits per heavy atom. The summed E-state index contributed by atoms with van der Waals surface area (Å²) in [6.45, 7) is 2.19. The van der Waals surface area contributed by atoms with Gasteiger partial charge in [-0.1, -0.05) is 30.3 Å². The van der Waals surface area contributed by atoms with Crippen LogP contribution in [0.4, 0.5) is 0 Å². The van der Waals surface area contributed by atoms with Crippen LogP contribution in [0.2, 0.25) is 0 Å². The van der Waals surface area contributed by atoms with Gasteiger partial charge < -0.3 is 4.74 Å². The summed E-state index contributed by atoms with van der Waals surface area (Å²) in [6, 6.07) is 11.5. The fraction of sp³-hybridized carbons (Fsp3) is 0.167. The van der Waals surface area contributed by atoms with Gasteiger partial charge in [0.05, 0.1) is 7.11 Å². The number of amides is 2. The van der Waals surface area contributed by atoms with E-state index in [2.05, 4.69) is 5.32 Å². The summed E-state index contributed by atoms with van der Waals surface area (Å²) in [4.78, 5) is 26.2. The van der Waals surface area contributed by atoms with Gasteiger partial charge in [0, 0.05) is 12.1 Å². The van der Waals surface area contributed by atoms with Crippen LogP contribution in [0.5, 0.6) is 5.75 Å². The number of carbonyl (C=O) groups is 2. The van der Waals surface area contributed by atoms with Gasteiger partial charge >= 0.3 is 0 Å². The Labute approximate surface area is 144 Å². The lowest BCUT2D eigenvalue weighted by Crippen LogP contribution is -2.53. The molecule has 5 nitrogen and oxygen atoms in total. The van der Waals surface area contributed by atoms with Crippen molar-refractivity contribution in [1.82, 2.24) is 10.2 Å². The van der Waals surface area contributed by atoms with E-state index in [1.807, 2.05) is 36.4 Å². The zero-order valence-electron chi connectivity index (χ0n) is 13.3. The third-order valence-electron chi connectivity index (χ3n) is 3.94. The number of ether oxygens (including phenoxy) is 1. The molecule has 122 valence electrons. The van der Waals surface area contributed by atoms with Gasteiger partial charge in [0.1, 0.15) is 11.3 Å². The first-order valence-corrected chi connectivity index (χ1v) is 7.92. The normalized spacial score (nSPS) is 16.7. The van der Waals surface area contributed by atoms with Crippen molar-refractivity contribution in [3.63, 3.8) is 0 Å². The van der Waals surface area contributed by atoms with Gasteiger partial charge in [-0.15, -0.1) is 0 Å². The third-order valence-corrected chi connectivity index (χ3v) is 4.26. The molecule has 1 N–H and O–H groups in total. The molecule has 0 spiro atoms. The first kappa shape index (κ1) is 16.1. The largest absolute Gasteiger partial charge is 0.496 e. The molecule has 1 fully saturated rings. The van der Waals surface area contributed by atoms with Crippen LogP contribution in [0, 0.1) is 0 Å². The Bertz CT molecular complexity index is 889. The number of hydrogen-bond acceptors (Lipinski definition) is 4. The molecule has 24 heavy (non-hydrogen) atoms. The number of benzene rings is 2. The van der Waals surface area contributed by atoms with Crippen LogP contribution in [0.15, 0.2) is 42.0 Å². The molecule has 0 unspecified atom stereocenters. The van der Waals surface area contributed by atoms with Crippen LogP contribution >= 0.6 is 12.2 Å². The number of nitrogens with one attached hydrogen (secondary N) is 1. The predicted molar refractivity (Wildman–Crippen MR) is 96.6 cm³/mol. The minimum absolute atomic E-state index is 0.0418. The first-order valence-electron chi connectivity index (χ1n) is 7.51. The number of likely N-dealkylation sites (N-methyl/N-ethyl adjacent to an activating group) is 1. The molecule has 2 aromatic carbocycles. The molecule has 2 aromatic rings. The number of thiocarbonyl (C=S) groups is 1. The first-order chi connectivity index (χ1) is 11.6. The third kappa shape index (κ3) is 2.65. The van der Waals surface area contributed by atoms with E-state index in [-0.39, 0.29) is 10.7 Å². The lowest BCUT2D eigenvalue weighted by molar-refractivity contribution is -0.128. The highest BCUT2D eigenvalue weighted by molar-refractivity contribution is 7.80. The highest BCUT2D eigenvalue weighted by Gasteiger charge is 2.32. The lowest BCUT2D eigenvalue weighted by Gasteiger charge is -2.27.